The number of halogens is 2. The van der Waals surface area contributed by atoms with Crippen LogP contribution in [0.3, 0.4) is 0 Å². The Morgan fingerprint density at radius 3 is 2.62 bits per heavy atom. The molecule has 110 valence electrons. The average Bonchev–Trinajstić information content (AvgIpc) is 2.44. The van der Waals surface area contributed by atoms with Crippen LogP contribution < -0.4 is 10.1 Å². The molecular weight excluding hydrogens is 404 g/mol. The maximum absolute atomic E-state index is 10.8. The summed E-state index contributed by atoms with van der Waals surface area (Å²) in [5, 5.41) is 14.1. The van der Waals surface area contributed by atoms with E-state index in [1.807, 2.05) is 24.3 Å². The molecule has 0 spiro atoms. The molecule has 0 aliphatic rings. The first-order valence-electron chi connectivity index (χ1n) is 6.01. The van der Waals surface area contributed by atoms with Crippen LogP contribution >= 0.6 is 31.9 Å². The van der Waals surface area contributed by atoms with Crippen LogP contribution in [0.25, 0.3) is 0 Å². The summed E-state index contributed by atoms with van der Waals surface area (Å²) in [5.74, 6) is 0.749. The molecule has 0 radical (unpaired) electrons. The van der Waals surface area contributed by atoms with Crippen molar-refractivity contribution in [1.29, 1.82) is 0 Å². The zero-order valence-corrected chi connectivity index (χ0v) is 14.3. The van der Waals surface area contributed by atoms with Gasteiger partial charge in [0.15, 0.2) is 0 Å². The smallest absolute Gasteiger partial charge is 0.270 e. The van der Waals surface area contributed by atoms with Gasteiger partial charge in [0.1, 0.15) is 5.75 Å². The molecule has 0 aliphatic heterocycles. The number of hydrogen-bond acceptors (Lipinski definition) is 4. The highest BCUT2D eigenvalue weighted by Gasteiger charge is 2.09. The van der Waals surface area contributed by atoms with Crippen molar-refractivity contribution in [2.24, 2.45) is 0 Å². The number of methoxy groups -OCH3 is 1. The number of benzene rings is 2. The summed E-state index contributed by atoms with van der Waals surface area (Å²) in [7, 11) is 1.60. The van der Waals surface area contributed by atoms with Crippen LogP contribution in [0.15, 0.2) is 45.3 Å². The van der Waals surface area contributed by atoms with Gasteiger partial charge in [-0.1, -0.05) is 15.9 Å². The minimum absolute atomic E-state index is 0.0667. The first-order chi connectivity index (χ1) is 9.99. The van der Waals surface area contributed by atoms with Crippen molar-refractivity contribution in [3.8, 4) is 5.75 Å². The highest BCUT2D eigenvalue weighted by atomic mass is 79.9. The van der Waals surface area contributed by atoms with Gasteiger partial charge in [-0.15, -0.1) is 0 Å². The Labute approximate surface area is 138 Å². The van der Waals surface area contributed by atoms with Gasteiger partial charge in [-0.2, -0.15) is 0 Å². The number of hydrogen-bond donors (Lipinski definition) is 1. The molecule has 7 heteroatoms. The molecule has 1 N–H and O–H groups in total. The molecule has 2 rings (SSSR count). The van der Waals surface area contributed by atoms with Gasteiger partial charge in [0.25, 0.3) is 5.69 Å². The van der Waals surface area contributed by atoms with E-state index in [9.17, 15) is 10.1 Å². The van der Waals surface area contributed by atoms with Crippen molar-refractivity contribution in [3.63, 3.8) is 0 Å². The molecule has 0 aliphatic carbocycles. The molecule has 21 heavy (non-hydrogen) atoms. The number of nitro benzene ring substituents is 1. The fourth-order valence-electron chi connectivity index (χ4n) is 1.82. The van der Waals surface area contributed by atoms with Crippen LogP contribution in [0.5, 0.6) is 5.75 Å². The number of anilines is 1. The summed E-state index contributed by atoms with van der Waals surface area (Å²) in [6.07, 6.45) is 0. The van der Waals surface area contributed by atoms with E-state index in [1.54, 1.807) is 13.2 Å². The fourth-order valence-corrected chi connectivity index (χ4v) is 2.89. The van der Waals surface area contributed by atoms with E-state index in [0.717, 1.165) is 21.5 Å². The molecule has 2 aromatic rings. The predicted octanol–water partition coefficient (Wildman–Crippen LogP) is 4.74. The molecule has 0 fully saturated rings. The summed E-state index contributed by atoms with van der Waals surface area (Å²) >= 11 is 6.70. The van der Waals surface area contributed by atoms with E-state index in [0.29, 0.717) is 11.0 Å². The topological polar surface area (TPSA) is 64.4 Å². The molecular formula is C14H12Br2N2O3. The zero-order chi connectivity index (χ0) is 15.4. The maximum Gasteiger partial charge on any atom is 0.270 e. The van der Waals surface area contributed by atoms with E-state index in [4.69, 9.17) is 4.74 Å². The van der Waals surface area contributed by atoms with Gasteiger partial charge in [-0.3, -0.25) is 10.1 Å². The second-order valence-corrected chi connectivity index (χ2v) is 6.05. The highest BCUT2D eigenvalue weighted by Crippen LogP contribution is 2.28. The zero-order valence-electron chi connectivity index (χ0n) is 11.1. The lowest BCUT2D eigenvalue weighted by Crippen LogP contribution is -2.00. The number of rotatable bonds is 5. The Morgan fingerprint density at radius 2 is 2.00 bits per heavy atom. The number of ether oxygens (including phenoxy) is 1. The molecule has 5 nitrogen and oxygen atoms in total. The van der Waals surface area contributed by atoms with Gasteiger partial charge in [-0.05, 0) is 45.8 Å². The molecule has 0 saturated carbocycles. The molecule has 0 heterocycles. The van der Waals surface area contributed by atoms with Crippen LogP contribution in [0.2, 0.25) is 0 Å². The average molecular weight is 416 g/mol. The Morgan fingerprint density at radius 1 is 1.24 bits per heavy atom. The fraction of sp³-hybridized carbons (Fsp3) is 0.143. The Kier molecular flexibility index (Phi) is 5.19. The predicted molar refractivity (Wildman–Crippen MR) is 88.8 cm³/mol. The first kappa shape index (κ1) is 15.8. The summed E-state index contributed by atoms with van der Waals surface area (Å²) in [5.41, 5.74) is 1.78. The third kappa shape index (κ3) is 4.18. The standard InChI is InChI=1S/C14H12Br2N2O3/c1-21-14-3-2-11(7-13(14)16)17-8-9-4-10(15)6-12(5-9)18(19)20/h2-7,17H,8H2,1H3. The number of non-ortho nitro benzene ring substituents is 1. The molecule has 2 aromatic carbocycles. The van der Waals surface area contributed by atoms with E-state index in [2.05, 4.69) is 37.2 Å². The Balaban J connectivity index is 2.12. The largest absolute Gasteiger partial charge is 0.496 e. The normalized spacial score (nSPS) is 10.2. The van der Waals surface area contributed by atoms with Crippen molar-refractivity contribution < 1.29 is 9.66 Å². The van der Waals surface area contributed by atoms with Gasteiger partial charge in [-0.25, -0.2) is 0 Å². The Hall–Kier alpha value is -1.60. The van der Waals surface area contributed by atoms with Gasteiger partial charge >= 0.3 is 0 Å². The second-order valence-electron chi connectivity index (χ2n) is 4.28. The van der Waals surface area contributed by atoms with Crippen LogP contribution in [0.4, 0.5) is 11.4 Å². The highest BCUT2D eigenvalue weighted by molar-refractivity contribution is 9.10. The lowest BCUT2D eigenvalue weighted by molar-refractivity contribution is -0.385. The van der Waals surface area contributed by atoms with E-state index < -0.39 is 4.92 Å². The third-order valence-electron chi connectivity index (χ3n) is 2.80. The van der Waals surface area contributed by atoms with Crippen molar-refractivity contribution in [1.82, 2.24) is 0 Å². The Bertz CT molecular complexity index is 677. The van der Waals surface area contributed by atoms with Crippen LogP contribution in [0.1, 0.15) is 5.56 Å². The van der Waals surface area contributed by atoms with Crippen molar-refractivity contribution in [2.75, 3.05) is 12.4 Å². The first-order valence-corrected chi connectivity index (χ1v) is 7.59. The van der Waals surface area contributed by atoms with Crippen LogP contribution in [-0.2, 0) is 6.54 Å². The van der Waals surface area contributed by atoms with Crippen LogP contribution in [0, 0.1) is 10.1 Å². The number of nitrogens with one attached hydrogen (secondary N) is 1. The summed E-state index contributed by atoms with van der Waals surface area (Å²) < 4.78 is 6.69. The van der Waals surface area contributed by atoms with Crippen molar-refractivity contribution in [2.45, 2.75) is 6.54 Å². The lowest BCUT2D eigenvalue weighted by Gasteiger charge is -2.09. The quantitative estimate of drug-likeness (QED) is 0.565. The SMILES string of the molecule is COc1ccc(NCc2cc(Br)cc([N+](=O)[O-])c2)cc1Br. The van der Waals surface area contributed by atoms with Gasteiger partial charge in [0.2, 0.25) is 0 Å². The molecule has 0 amide bonds. The molecule has 0 bridgehead atoms. The summed E-state index contributed by atoms with van der Waals surface area (Å²) in [6, 6.07) is 10.5. The minimum Gasteiger partial charge on any atom is -0.496 e. The van der Waals surface area contributed by atoms with Gasteiger partial charge in [0, 0.05) is 28.8 Å². The lowest BCUT2D eigenvalue weighted by atomic mass is 10.2. The van der Waals surface area contributed by atoms with E-state index in [-0.39, 0.29) is 5.69 Å². The van der Waals surface area contributed by atoms with Crippen molar-refractivity contribution >= 4 is 43.2 Å². The molecule has 0 unspecified atom stereocenters. The van der Waals surface area contributed by atoms with Crippen LogP contribution in [-0.4, -0.2) is 12.0 Å². The second kappa shape index (κ2) is 6.91. The van der Waals surface area contributed by atoms with E-state index >= 15 is 0 Å². The summed E-state index contributed by atoms with van der Waals surface area (Å²) in [6.45, 7) is 0.485. The van der Waals surface area contributed by atoms with Gasteiger partial charge < -0.3 is 10.1 Å². The molecule has 0 aromatic heterocycles. The minimum atomic E-state index is -0.405. The third-order valence-corrected chi connectivity index (χ3v) is 3.88. The molecule has 0 atom stereocenters. The van der Waals surface area contributed by atoms with Gasteiger partial charge in [0.05, 0.1) is 16.5 Å². The van der Waals surface area contributed by atoms with E-state index in [1.165, 1.54) is 6.07 Å². The monoisotopic (exact) mass is 414 g/mol. The maximum atomic E-state index is 10.8. The van der Waals surface area contributed by atoms with Crippen molar-refractivity contribution in [3.05, 3.63) is 61.0 Å². The number of nitro groups is 1. The number of nitrogens with zero attached hydrogens (tertiary/aromatic N) is 1. The summed E-state index contributed by atoms with van der Waals surface area (Å²) in [4.78, 5) is 10.4. The molecule has 0 saturated heterocycles.